The smallest absolute Gasteiger partial charge is 0.0449 e. The van der Waals surface area contributed by atoms with Gasteiger partial charge in [-0.2, -0.15) is 0 Å². The fourth-order valence-electron chi connectivity index (χ4n) is 2.79. The lowest BCUT2D eigenvalue weighted by Crippen LogP contribution is -2.18. The summed E-state index contributed by atoms with van der Waals surface area (Å²) in [5, 5.41) is 1.63. The molecule has 1 aromatic rings. The summed E-state index contributed by atoms with van der Waals surface area (Å²) >= 11 is 8.35. The molecule has 1 saturated carbocycles. The van der Waals surface area contributed by atoms with Gasteiger partial charge in [0.05, 0.1) is 0 Å². The third kappa shape index (κ3) is 4.70. The first-order valence-electron chi connectivity index (χ1n) is 7.25. The second kappa shape index (κ2) is 7.01. The maximum atomic E-state index is 6.35. The Bertz CT molecular complexity index is 419. The average Bonchev–Trinajstić information content (AvgIpc) is 2.32. The number of halogens is 1. The van der Waals surface area contributed by atoms with E-state index in [2.05, 4.69) is 25.1 Å². The van der Waals surface area contributed by atoms with Gasteiger partial charge >= 0.3 is 0 Å². The fourth-order valence-corrected chi connectivity index (χ4v) is 4.54. The lowest BCUT2D eigenvalue weighted by atomic mass is 9.91. The molecule has 2 rings (SSSR count). The Balaban J connectivity index is 1.99. The van der Waals surface area contributed by atoms with Crippen LogP contribution in [0.2, 0.25) is 5.02 Å². The summed E-state index contributed by atoms with van der Waals surface area (Å²) in [7, 11) is 0. The molecule has 0 aliphatic heterocycles. The van der Waals surface area contributed by atoms with E-state index in [0.717, 1.165) is 28.2 Å². The van der Waals surface area contributed by atoms with Crippen LogP contribution < -0.4 is 5.73 Å². The maximum Gasteiger partial charge on any atom is 0.0449 e. The molecule has 0 heterocycles. The van der Waals surface area contributed by atoms with Crippen LogP contribution in [0, 0.1) is 5.92 Å². The SMILES string of the molecule is CC(N)Cc1ccc(SC2CCCC(C)C2)cc1Cl. The summed E-state index contributed by atoms with van der Waals surface area (Å²) < 4.78 is 0. The molecule has 1 fully saturated rings. The number of hydrogen-bond donors (Lipinski definition) is 1. The van der Waals surface area contributed by atoms with Crippen molar-refractivity contribution in [2.75, 3.05) is 0 Å². The van der Waals surface area contributed by atoms with Crippen LogP contribution in [0.1, 0.15) is 45.1 Å². The second-order valence-corrected chi connectivity index (χ2v) is 7.73. The molecule has 0 spiro atoms. The van der Waals surface area contributed by atoms with Crippen molar-refractivity contribution in [2.24, 2.45) is 11.7 Å². The van der Waals surface area contributed by atoms with Gasteiger partial charge in [-0.25, -0.2) is 0 Å². The Morgan fingerprint density at radius 3 is 2.84 bits per heavy atom. The first-order valence-corrected chi connectivity index (χ1v) is 8.51. The zero-order chi connectivity index (χ0) is 13.8. The van der Waals surface area contributed by atoms with E-state index in [0.29, 0.717) is 0 Å². The van der Waals surface area contributed by atoms with E-state index in [1.165, 1.54) is 30.6 Å². The Labute approximate surface area is 126 Å². The minimum Gasteiger partial charge on any atom is -0.328 e. The van der Waals surface area contributed by atoms with Crippen LogP contribution in [0.4, 0.5) is 0 Å². The molecule has 0 saturated heterocycles. The van der Waals surface area contributed by atoms with Crippen molar-refractivity contribution in [3.8, 4) is 0 Å². The molecular weight excluding hydrogens is 274 g/mol. The van der Waals surface area contributed by atoms with E-state index >= 15 is 0 Å². The van der Waals surface area contributed by atoms with Crippen molar-refractivity contribution >= 4 is 23.4 Å². The largest absolute Gasteiger partial charge is 0.328 e. The van der Waals surface area contributed by atoms with E-state index < -0.39 is 0 Å². The summed E-state index contributed by atoms with van der Waals surface area (Å²) in [4.78, 5) is 1.30. The number of rotatable bonds is 4. The van der Waals surface area contributed by atoms with E-state index in [-0.39, 0.29) is 6.04 Å². The fraction of sp³-hybridized carbons (Fsp3) is 0.625. The standard InChI is InChI=1S/C16H24ClNS/c1-11-4-3-5-14(8-11)19-15-7-6-13(9-12(2)18)16(17)10-15/h6-7,10-12,14H,3-5,8-9,18H2,1-2H3. The van der Waals surface area contributed by atoms with Gasteiger partial charge in [-0.15, -0.1) is 11.8 Å². The predicted molar refractivity (Wildman–Crippen MR) is 86.1 cm³/mol. The first-order chi connectivity index (χ1) is 9.04. The van der Waals surface area contributed by atoms with E-state index in [1.807, 2.05) is 18.7 Å². The summed E-state index contributed by atoms with van der Waals surface area (Å²) in [6.07, 6.45) is 6.29. The van der Waals surface area contributed by atoms with Crippen LogP contribution >= 0.6 is 23.4 Å². The third-order valence-corrected chi connectivity index (χ3v) is 5.40. The molecule has 0 bridgehead atoms. The Hall–Kier alpha value is -0.180. The molecule has 0 amide bonds. The van der Waals surface area contributed by atoms with Crippen LogP contribution in [0.5, 0.6) is 0 Å². The molecule has 3 heteroatoms. The topological polar surface area (TPSA) is 26.0 Å². The van der Waals surface area contributed by atoms with Gasteiger partial charge in [-0.1, -0.05) is 37.4 Å². The van der Waals surface area contributed by atoms with Crippen LogP contribution in [-0.4, -0.2) is 11.3 Å². The molecule has 3 atom stereocenters. The molecular formula is C16H24ClNS. The van der Waals surface area contributed by atoms with Gasteiger partial charge in [0.25, 0.3) is 0 Å². The van der Waals surface area contributed by atoms with Gasteiger partial charge in [-0.3, -0.25) is 0 Å². The Morgan fingerprint density at radius 1 is 1.42 bits per heavy atom. The monoisotopic (exact) mass is 297 g/mol. The highest BCUT2D eigenvalue weighted by atomic mass is 35.5. The summed E-state index contributed by atoms with van der Waals surface area (Å²) in [6.45, 7) is 4.38. The minimum atomic E-state index is 0.162. The average molecular weight is 298 g/mol. The molecule has 19 heavy (non-hydrogen) atoms. The van der Waals surface area contributed by atoms with Gasteiger partial charge in [-0.05, 0) is 49.8 Å². The van der Waals surface area contributed by atoms with Crippen molar-refractivity contribution in [2.45, 2.75) is 62.1 Å². The van der Waals surface area contributed by atoms with Crippen molar-refractivity contribution in [1.82, 2.24) is 0 Å². The minimum absolute atomic E-state index is 0.162. The van der Waals surface area contributed by atoms with Crippen molar-refractivity contribution < 1.29 is 0 Å². The number of hydrogen-bond acceptors (Lipinski definition) is 2. The van der Waals surface area contributed by atoms with Crippen molar-refractivity contribution in [3.63, 3.8) is 0 Å². The second-order valence-electron chi connectivity index (χ2n) is 5.95. The Kier molecular flexibility index (Phi) is 5.61. The van der Waals surface area contributed by atoms with Gasteiger partial charge in [0.15, 0.2) is 0 Å². The zero-order valence-electron chi connectivity index (χ0n) is 11.9. The van der Waals surface area contributed by atoms with Gasteiger partial charge in [0.2, 0.25) is 0 Å². The molecule has 1 aliphatic rings. The molecule has 106 valence electrons. The number of nitrogens with two attached hydrogens (primary N) is 1. The van der Waals surface area contributed by atoms with Gasteiger partial charge in [0, 0.05) is 21.2 Å². The molecule has 3 unspecified atom stereocenters. The van der Waals surface area contributed by atoms with Crippen LogP contribution in [0.3, 0.4) is 0 Å². The summed E-state index contributed by atoms with van der Waals surface area (Å²) in [5.74, 6) is 0.874. The predicted octanol–water partition coefficient (Wildman–Crippen LogP) is 4.90. The number of benzene rings is 1. The summed E-state index contributed by atoms with van der Waals surface area (Å²) in [5.41, 5.74) is 7.00. The lowest BCUT2D eigenvalue weighted by molar-refractivity contribution is 0.394. The summed E-state index contributed by atoms with van der Waals surface area (Å²) in [6, 6.07) is 6.62. The normalized spacial score (nSPS) is 25.3. The van der Waals surface area contributed by atoms with Gasteiger partial charge in [0.1, 0.15) is 0 Å². The highest BCUT2D eigenvalue weighted by Crippen LogP contribution is 2.37. The highest BCUT2D eigenvalue weighted by Gasteiger charge is 2.20. The first kappa shape index (κ1) is 15.2. The number of thioether (sulfide) groups is 1. The molecule has 1 aliphatic carbocycles. The molecule has 1 nitrogen and oxygen atoms in total. The van der Waals surface area contributed by atoms with E-state index in [9.17, 15) is 0 Å². The van der Waals surface area contributed by atoms with Crippen molar-refractivity contribution in [1.29, 1.82) is 0 Å². The molecule has 1 aromatic carbocycles. The van der Waals surface area contributed by atoms with E-state index in [1.54, 1.807) is 0 Å². The van der Waals surface area contributed by atoms with Gasteiger partial charge < -0.3 is 5.73 Å². The van der Waals surface area contributed by atoms with Crippen molar-refractivity contribution in [3.05, 3.63) is 28.8 Å². The van der Waals surface area contributed by atoms with Crippen LogP contribution in [-0.2, 0) is 6.42 Å². The van der Waals surface area contributed by atoms with Crippen LogP contribution in [0.25, 0.3) is 0 Å². The van der Waals surface area contributed by atoms with E-state index in [4.69, 9.17) is 17.3 Å². The zero-order valence-corrected chi connectivity index (χ0v) is 13.4. The molecule has 2 N–H and O–H groups in total. The van der Waals surface area contributed by atoms with Crippen LogP contribution in [0.15, 0.2) is 23.1 Å². The Morgan fingerprint density at radius 2 is 2.21 bits per heavy atom. The quantitative estimate of drug-likeness (QED) is 0.855. The molecule has 0 radical (unpaired) electrons. The third-order valence-electron chi connectivity index (χ3n) is 3.76. The maximum absolute atomic E-state index is 6.35. The molecule has 0 aromatic heterocycles. The highest BCUT2D eigenvalue weighted by molar-refractivity contribution is 8.00. The lowest BCUT2D eigenvalue weighted by Gasteiger charge is -2.26.